The van der Waals surface area contributed by atoms with E-state index in [1.807, 2.05) is 41.8 Å². The molecule has 3 rings (SSSR count). The molecule has 0 bridgehead atoms. The number of methoxy groups -OCH3 is 2. The molecule has 0 spiro atoms. The van der Waals surface area contributed by atoms with E-state index in [0.717, 1.165) is 27.7 Å². The first-order chi connectivity index (χ1) is 15.1. The van der Waals surface area contributed by atoms with Crippen molar-refractivity contribution >= 4 is 17.7 Å². The first kappa shape index (κ1) is 22.7. The lowest BCUT2D eigenvalue weighted by Crippen LogP contribution is -2.04. The lowest BCUT2D eigenvalue weighted by atomic mass is 10.1. The summed E-state index contributed by atoms with van der Waals surface area (Å²) in [5.41, 5.74) is 2.98. The maximum absolute atomic E-state index is 11.6. The average Bonchev–Trinajstić information content (AvgIpc) is 3.20. The summed E-state index contributed by atoms with van der Waals surface area (Å²) >= 11 is 1.57. The van der Waals surface area contributed by atoms with Gasteiger partial charge in [0.2, 0.25) is 0 Å². The van der Waals surface area contributed by atoms with Crippen molar-refractivity contribution in [1.82, 2.24) is 14.8 Å². The fourth-order valence-electron chi connectivity index (χ4n) is 3.14. The van der Waals surface area contributed by atoms with Crippen LogP contribution in [0.15, 0.2) is 47.6 Å². The van der Waals surface area contributed by atoms with E-state index >= 15 is 0 Å². The van der Waals surface area contributed by atoms with Crippen LogP contribution in [-0.4, -0.2) is 47.3 Å². The second-order valence-electron chi connectivity index (χ2n) is 6.81. The number of carbonyl (C=O) groups excluding carboxylic acids is 1. The van der Waals surface area contributed by atoms with Crippen LogP contribution in [-0.2, 0) is 9.53 Å². The smallest absolute Gasteiger partial charge is 0.305 e. The number of ether oxygens (including phenoxy) is 3. The number of benzene rings is 2. The number of aryl methyl sites for hydroxylation is 1. The largest absolute Gasteiger partial charge is 0.493 e. The number of thioether (sulfide) groups is 1. The average molecular weight is 442 g/mol. The molecule has 3 aromatic rings. The van der Waals surface area contributed by atoms with Crippen LogP contribution in [0.25, 0.3) is 17.1 Å². The Morgan fingerprint density at radius 1 is 1.06 bits per heavy atom. The monoisotopic (exact) mass is 441 g/mol. The van der Waals surface area contributed by atoms with Crippen molar-refractivity contribution < 1.29 is 19.0 Å². The molecular weight excluding hydrogens is 414 g/mol. The summed E-state index contributed by atoms with van der Waals surface area (Å²) in [4.78, 5) is 11.6. The second-order valence-corrected chi connectivity index (χ2v) is 7.87. The first-order valence-electron chi connectivity index (χ1n) is 10.1. The zero-order valence-corrected chi connectivity index (χ0v) is 19.1. The van der Waals surface area contributed by atoms with E-state index < -0.39 is 0 Å². The molecular formula is C23H27N3O4S. The standard InChI is InChI=1S/C23H27N3O4S/c1-5-30-21(27)10-7-13-31-23-25-24-22(26(23)18-9-6-8-16(2)14-18)17-11-12-19(28-3)20(15-17)29-4/h6,8-9,11-12,14-15H,5,7,10,13H2,1-4H3. The van der Waals surface area contributed by atoms with Gasteiger partial charge in [-0.25, -0.2) is 0 Å². The van der Waals surface area contributed by atoms with Gasteiger partial charge in [0.25, 0.3) is 0 Å². The van der Waals surface area contributed by atoms with Gasteiger partial charge in [0.1, 0.15) is 0 Å². The van der Waals surface area contributed by atoms with Crippen LogP contribution in [0.2, 0.25) is 0 Å². The van der Waals surface area contributed by atoms with Crippen molar-refractivity contribution in [1.29, 1.82) is 0 Å². The Labute approximate surface area is 186 Å². The number of carbonyl (C=O) groups is 1. The Hall–Kier alpha value is -3.00. The third kappa shape index (κ3) is 5.58. The van der Waals surface area contributed by atoms with Crippen molar-refractivity contribution in [2.24, 2.45) is 0 Å². The fraction of sp³-hybridized carbons (Fsp3) is 0.348. The van der Waals surface area contributed by atoms with Gasteiger partial charge in [-0.1, -0.05) is 23.9 Å². The minimum absolute atomic E-state index is 0.172. The number of nitrogens with zero attached hydrogens (tertiary/aromatic N) is 3. The summed E-state index contributed by atoms with van der Waals surface area (Å²) in [6.45, 7) is 4.27. The molecule has 0 atom stereocenters. The van der Waals surface area contributed by atoms with E-state index in [2.05, 4.69) is 29.3 Å². The van der Waals surface area contributed by atoms with E-state index in [1.54, 1.807) is 26.0 Å². The van der Waals surface area contributed by atoms with Crippen molar-refractivity contribution in [2.45, 2.75) is 31.8 Å². The Balaban J connectivity index is 1.92. The Morgan fingerprint density at radius 3 is 2.58 bits per heavy atom. The molecule has 0 aliphatic carbocycles. The molecule has 31 heavy (non-hydrogen) atoms. The van der Waals surface area contributed by atoms with Gasteiger partial charge < -0.3 is 14.2 Å². The maximum Gasteiger partial charge on any atom is 0.305 e. The van der Waals surface area contributed by atoms with Crippen LogP contribution in [0.4, 0.5) is 0 Å². The molecule has 0 saturated carbocycles. The van der Waals surface area contributed by atoms with Gasteiger partial charge in [-0.05, 0) is 56.2 Å². The molecule has 0 aliphatic heterocycles. The number of hydrogen-bond donors (Lipinski definition) is 0. The van der Waals surface area contributed by atoms with Crippen molar-refractivity contribution in [3.05, 3.63) is 48.0 Å². The Morgan fingerprint density at radius 2 is 1.87 bits per heavy atom. The maximum atomic E-state index is 11.6. The number of hydrogen-bond acceptors (Lipinski definition) is 7. The highest BCUT2D eigenvalue weighted by molar-refractivity contribution is 7.99. The van der Waals surface area contributed by atoms with E-state index in [0.29, 0.717) is 36.8 Å². The minimum Gasteiger partial charge on any atom is -0.493 e. The molecule has 7 nitrogen and oxygen atoms in total. The van der Waals surface area contributed by atoms with Crippen LogP contribution < -0.4 is 9.47 Å². The van der Waals surface area contributed by atoms with Crippen molar-refractivity contribution in [3.8, 4) is 28.6 Å². The molecule has 0 aliphatic rings. The summed E-state index contributed by atoms with van der Waals surface area (Å²) in [6, 6.07) is 13.9. The molecule has 1 aromatic heterocycles. The van der Waals surface area contributed by atoms with Gasteiger partial charge in [-0.3, -0.25) is 9.36 Å². The highest BCUT2D eigenvalue weighted by Crippen LogP contribution is 2.34. The normalized spacial score (nSPS) is 10.7. The summed E-state index contributed by atoms with van der Waals surface area (Å²) in [5.74, 6) is 2.55. The molecule has 2 aromatic carbocycles. The molecule has 0 amide bonds. The van der Waals surface area contributed by atoms with Gasteiger partial charge in [-0.2, -0.15) is 0 Å². The third-order valence-corrected chi connectivity index (χ3v) is 5.61. The topological polar surface area (TPSA) is 75.5 Å². The van der Waals surface area contributed by atoms with E-state index in [-0.39, 0.29) is 5.97 Å². The quantitative estimate of drug-likeness (QED) is 0.256. The van der Waals surface area contributed by atoms with E-state index in [4.69, 9.17) is 14.2 Å². The van der Waals surface area contributed by atoms with Crippen LogP contribution >= 0.6 is 11.8 Å². The molecule has 0 fully saturated rings. The highest BCUT2D eigenvalue weighted by Gasteiger charge is 2.18. The Kier molecular flexibility index (Phi) is 7.94. The first-order valence-corrected chi connectivity index (χ1v) is 11.1. The predicted molar refractivity (Wildman–Crippen MR) is 121 cm³/mol. The molecule has 0 unspecified atom stereocenters. The van der Waals surface area contributed by atoms with Crippen LogP contribution in [0.3, 0.4) is 0 Å². The molecule has 0 radical (unpaired) electrons. The van der Waals surface area contributed by atoms with Gasteiger partial charge in [0.05, 0.1) is 20.8 Å². The van der Waals surface area contributed by atoms with E-state index in [1.165, 1.54) is 0 Å². The predicted octanol–water partition coefficient (Wildman–Crippen LogP) is 4.70. The van der Waals surface area contributed by atoms with Gasteiger partial charge in [0.15, 0.2) is 22.5 Å². The number of aromatic nitrogens is 3. The summed E-state index contributed by atoms with van der Waals surface area (Å²) in [7, 11) is 3.22. The summed E-state index contributed by atoms with van der Waals surface area (Å²) < 4.78 is 17.8. The summed E-state index contributed by atoms with van der Waals surface area (Å²) in [6.07, 6.45) is 1.10. The third-order valence-electron chi connectivity index (χ3n) is 4.60. The van der Waals surface area contributed by atoms with Gasteiger partial charge >= 0.3 is 5.97 Å². The summed E-state index contributed by atoms with van der Waals surface area (Å²) in [5, 5.41) is 9.67. The number of esters is 1. The van der Waals surface area contributed by atoms with Gasteiger partial charge in [0, 0.05) is 23.4 Å². The zero-order chi connectivity index (χ0) is 22.2. The van der Waals surface area contributed by atoms with Gasteiger partial charge in [-0.15, -0.1) is 10.2 Å². The fourth-order valence-corrected chi connectivity index (χ4v) is 4.03. The lowest BCUT2D eigenvalue weighted by Gasteiger charge is -2.13. The second kappa shape index (κ2) is 10.9. The minimum atomic E-state index is -0.172. The molecule has 8 heteroatoms. The van der Waals surface area contributed by atoms with Crippen LogP contribution in [0, 0.1) is 6.92 Å². The molecule has 164 valence electrons. The van der Waals surface area contributed by atoms with Crippen LogP contribution in [0.1, 0.15) is 25.3 Å². The van der Waals surface area contributed by atoms with Crippen LogP contribution in [0.5, 0.6) is 11.5 Å². The van der Waals surface area contributed by atoms with Crippen molar-refractivity contribution in [2.75, 3.05) is 26.6 Å². The SMILES string of the molecule is CCOC(=O)CCCSc1nnc(-c2ccc(OC)c(OC)c2)n1-c1cccc(C)c1. The highest BCUT2D eigenvalue weighted by atomic mass is 32.2. The van der Waals surface area contributed by atoms with E-state index in [9.17, 15) is 4.79 Å². The molecule has 0 N–H and O–H groups in total. The van der Waals surface area contributed by atoms with Crippen molar-refractivity contribution in [3.63, 3.8) is 0 Å². The Bertz CT molecular complexity index is 1040. The lowest BCUT2D eigenvalue weighted by molar-refractivity contribution is -0.143. The number of rotatable bonds is 10. The molecule has 0 saturated heterocycles. The molecule has 1 heterocycles. The zero-order valence-electron chi connectivity index (χ0n) is 18.3.